The number of non-ortho nitro benzene ring substituents is 1. The summed E-state index contributed by atoms with van der Waals surface area (Å²) in [5.41, 5.74) is -0.502. The molecule has 0 aliphatic rings. The zero-order valence-corrected chi connectivity index (χ0v) is 9.88. The lowest BCUT2D eigenvalue weighted by Crippen LogP contribution is -2.45. The Balaban J connectivity index is 3.25. The van der Waals surface area contributed by atoms with Gasteiger partial charge in [-0.05, 0) is 26.8 Å². The summed E-state index contributed by atoms with van der Waals surface area (Å²) in [6.07, 6.45) is -1.14. The number of nitro benzene ring substituents is 1. The maximum atomic E-state index is 11.2. The van der Waals surface area contributed by atoms with Crippen LogP contribution in [-0.2, 0) is 0 Å². The van der Waals surface area contributed by atoms with Gasteiger partial charge in [0.1, 0.15) is 0 Å². The molecule has 0 fully saturated rings. The molecule has 1 aromatic carbocycles. The van der Waals surface area contributed by atoms with Crippen LogP contribution >= 0.6 is 0 Å². The summed E-state index contributed by atoms with van der Waals surface area (Å²) in [6.45, 7) is 5.17. The van der Waals surface area contributed by atoms with Gasteiger partial charge in [-0.15, -0.1) is 0 Å². The number of nitrogens with zero attached hydrogens (tertiary/aromatic N) is 2. The molecule has 0 radical (unpaired) electrons. The van der Waals surface area contributed by atoms with Crippen LogP contribution in [-0.4, -0.2) is 21.7 Å². The molecule has 0 spiro atoms. The van der Waals surface area contributed by atoms with Crippen molar-refractivity contribution in [3.8, 4) is 0 Å². The van der Waals surface area contributed by atoms with Gasteiger partial charge >= 0.3 is 6.09 Å². The Morgan fingerprint density at radius 3 is 2.41 bits per heavy atom. The number of anilines is 1. The van der Waals surface area contributed by atoms with Gasteiger partial charge in [0.15, 0.2) is 0 Å². The van der Waals surface area contributed by atoms with Crippen molar-refractivity contribution in [2.75, 3.05) is 4.90 Å². The molecule has 0 aliphatic heterocycles. The lowest BCUT2D eigenvalue weighted by molar-refractivity contribution is -0.384. The molecule has 0 aliphatic carbocycles. The van der Waals surface area contributed by atoms with Gasteiger partial charge in [0.05, 0.1) is 10.6 Å². The maximum absolute atomic E-state index is 11.2. The zero-order chi connectivity index (χ0) is 13.2. The van der Waals surface area contributed by atoms with E-state index in [0.29, 0.717) is 5.69 Å². The Morgan fingerprint density at radius 1 is 1.41 bits per heavy atom. The number of benzene rings is 1. The molecule has 0 bridgehead atoms. The number of carboxylic acid groups (broad SMARTS) is 1. The largest absolute Gasteiger partial charge is 0.465 e. The first-order valence-corrected chi connectivity index (χ1v) is 5.01. The Bertz CT molecular complexity index is 451. The highest BCUT2D eigenvalue weighted by Gasteiger charge is 2.28. The van der Waals surface area contributed by atoms with Gasteiger partial charge in [0.25, 0.3) is 5.69 Å². The molecule has 92 valence electrons. The minimum atomic E-state index is -1.14. The fraction of sp³-hybridized carbons (Fsp3) is 0.364. The summed E-state index contributed by atoms with van der Waals surface area (Å²) in [6, 6.07) is 5.58. The third kappa shape index (κ3) is 2.93. The lowest BCUT2D eigenvalue weighted by atomic mass is 10.1. The molecule has 6 nitrogen and oxygen atoms in total. The van der Waals surface area contributed by atoms with Crippen molar-refractivity contribution in [2.45, 2.75) is 26.3 Å². The van der Waals surface area contributed by atoms with Crippen molar-refractivity contribution in [2.24, 2.45) is 0 Å². The van der Waals surface area contributed by atoms with Gasteiger partial charge in [-0.25, -0.2) is 4.79 Å². The monoisotopic (exact) mass is 238 g/mol. The van der Waals surface area contributed by atoms with E-state index >= 15 is 0 Å². The first kappa shape index (κ1) is 13.0. The number of hydrogen-bond acceptors (Lipinski definition) is 3. The molecule has 1 N–H and O–H groups in total. The molecular weight excluding hydrogens is 224 g/mol. The van der Waals surface area contributed by atoms with Crippen LogP contribution in [0.25, 0.3) is 0 Å². The van der Waals surface area contributed by atoms with Crippen LogP contribution < -0.4 is 4.90 Å². The summed E-state index contributed by atoms with van der Waals surface area (Å²) in [4.78, 5) is 22.4. The molecule has 0 heterocycles. The van der Waals surface area contributed by atoms with Crippen molar-refractivity contribution in [1.29, 1.82) is 0 Å². The first-order chi connectivity index (χ1) is 7.73. The van der Waals surface area contributed by atoms with Crippen molar-refractivity contribution < 1.29 is 14.8 Å². The predicted octanol–water partition coefficient (Wildman–Crippen LogP) is 2.88. The summed E-state index contributed by atoms with van der Waals surface area (Å²) in [7, 11) is 0. The van der Waals surface area contributed by atoms with Crippen molar-refractivity contribution in [3.63, 3.8) is 0 Å². The van der Waals surface area contributed by atoms with Crippen LogP contribution in [0.1, 0.15) is 20.8 Å². The molecular formula is C11H14N2O4. The molecule has 0 saturated heterocycles. The SMILES string of the molecule is CC(C)(C)N(C(=O)O)c1cccc([N+](=O)[O-])c1. The Labute approximate surface area is 98.6 Å². The lowest BCUT2D eigenvalue weighted by Gasteiger charge is -2.32. The highest BCUT2D eigenvalue weighted by atomic mass is 16.6. The Kier molecular flexibility index (Phi) is 3.36. The van der Waals surface area contributed by atoms with Crippen LogP contribution in [0.3, 0.4) is 0 Å². The molecule has 0 aromatic heterocycles. The van der Waals surface area contributed by atoms with Gasteiger partial charge in [-0.2, -0.15) is 0 Å². The zero-order valence-electron chi connectivity index (χ0n) is 9.88. The predicted molar refractivity (Wildman–Crippen MR) is 63.4 cm³/mol. The summed E-state index contributed by atoms with van der Waals surface area (Å²) < 4.78 is 0. The number of nitro groups is 1. The van der Waals surface area contributed by atoms with E-state index in [0.717, 1.165) is 4.90 Å². The van der Waals surface area contributed by atoms with Crippen LogP contribution in [0.2, 0.25) is 0 Å². The fourth-order valence-corrected chi connectivity index (χ4v) is 1.53. The van der Waals surface area contributed by atoms with E-state index in [9.17, 15) is 14.9 Å². The normalized spacial score (nSPS) is 11.0. The van der Waals surface area contributed by atoms with Crippen LogP contribution in [0.5, 0.6) is 0 Å². The second-order valence-electron chi connectivity index (χ2n) is 4.57. The third-order valence-electron chi connectivity index (χ3n) is 2.16. The van der Waals surface area contributed by atoms with E-state index in [1.165, 1.54) is 24.3 Å². The van der Waals surface area contributed by atoms with Gasteiger partial charge in [-0.3, -0.25) is 15.0 Å². The average molecular weight is 238 g/mol. The van der Waals surface area contributed by atoms with Crippen molar-refractivity contribution in [3.05, 3.63) is 34.4 Å². The van der Waals surface area contributed by atoms with Crippen molar-refractivity contribution in [1.82, 2.24) is 0 Å². The maximum Gasteiger partial charge on any atom is 0.412 e. The van der Waals surface area contributed by atoms with Gasteiger partial charge in [0.2, 0.25) is 0 Å². The number of hydrogen-bond donors (Lipinski definition) is 1. The summed E-state index contributed by atoms with van der Waals surface area (Å²) in [5.74, 6) is 0. The topological polar surface area (TPSA) is 83.7 Å². The minimum Gasteiger partial charge on any atom is -0.465 e. The minimum absolute atomic E-state index is 0.127. The Morgan fingerprint density at radius 2 is 2.00 bits per heavy atom. The van der Waals surface area contributed by atoms with E-state index in [2.05, 4.69) is 0 Å². The van der Waals surface area contributed by atoms with E-state index in [1.54, 1.807) is 20.8 Å². The molecule has 1 rings (SSSR count). The van der Waals surface area contributed by atoms with Crippen LogP contribution in [0.15, 0.2) is 24.3 Å². The Hall–Kier alpha value is -2.11. The quantitative estimate of drug-likeness (QED) is 0.634. The molecule has 1 amide bonds. The molecule has 0 atom stereocenters. The molecule has 6 heteroatoms. The molecule has 0 saturated carbocycles. The van der Waals surface area contributed by atoms with Gasteiger partial charge in [0, 0.05) is 17.7 Å². The summed E-state index contributed by atoms with van der Waals surface area (Å²) >= 11 is 0. The smallest absolute Gasteiger partial charge is 0.412 e. The molecule has 1 aromatic rings. The van der Waals surface area contributed by atoms with E-state index in [-0.39, 0.29) is 5.69 Å². The second kappa shape index (κ2) is 4.40. The van der Waals surface area contributed by atoms with E-state index in [4.69, 9.17) is 5.11 Å². The third-order valence-corrected chi connectivity index (χ3v) is 2.16. The van der Waals surface area contributed by atoms with Gasteiger partial charge in [-0.1, -0.05) is 6.07 Å². The summed E-state index contributed by atoms with van der Waals surface area (Å²) in [5, 5.41) is 19.8. The van der Waals surface area contributed by atoms with Crippen molar-refractivity contribution >= 4 is 17.5 Å². The standard InChI is InChI=1S/C11H14N2O4/c1-11(2,3)12(10(14)15)8-5-4-6-9(7-8)13(16)17/h4-7H,1-3H3,(H,14,15). The number of rotatable bonds is 2. The van der Waals surface area contributed by atoms with Gasteiger partial charge < -0.3 is 5.11 Å². The van der Waals surface area contributed by atoms with Crippen LogP contribution in [0, 0.1) is 10.1 Å². The average Bonchev–Trinajstić information content (AvgIpc) is 2.15. The highest BCUT2D eigenvalue weighted by molar-refractivity contribution is 5.88. The number of amides is 1. The van der Waals surface area contributed by atoms with E-state index < -0.39 is 16.6 Å². The molecule has 0 unspecified atom stereocenters. The van der Waals surface area contributed by atoms with E-state index in [1.807, 2.05) is 0 Å². The highest BCUT2D eigenvalue weighted by Crippen LogP contribution is 2.27. The second-order valence-corrected chi connectivity index (χ2v) is 4.57. The number of carbonyl (C=O) groups is 1. The first-order valence-electron chi connectivity index (χ1n) is 5.01. The molecule has 17 heavy (non-hydrogen) atoms. The van der Waals surface area contributed by atoms with Crippen LogP contribution in [0.4, 0.5) is 16.2 Å². The fourth-order valence-electron chi connectivity index (χ4n) is 1.53.